The van der Waals surface area contributed by atoms with E-state index >= 15 is 0 Å². The Morgan fingerprint density at radius 1 is 0.815 bits per heavy atom. The first-order valence-electron chi connectivity index (χ1n) is 8.75. The third-order valence-corrected chi connectivity index (χ3v) is 4.33. The molecule has 3 rings (SSSR count). The van der Waals surface area contributed by atoms with Gasteiger partial charge in [0.1, 0.15) is 6.04 Å². The first-order valence-corrected chi connectivity index (χ1v) is 8.75. The highest BCUT2D eigenvalue weighted by molar-refractivity contribution is 5.97. The van der Waals surface area contributed by atoms with E-state index in [1.807, 2.05) is 72.8 Å². The van der Waals surface area contributed by atoms with E-state index in [4.69, 9.17) is 4.74 Å². The number of carbonyl (C=O) groups excluding carboxylic acids is 2. The number of hydrogen-bond acceptors (Lipinski definition) is 3. The Balaban J connectivity index is 1.72. The second-order valence-electron chi connectivity index (χ2n) is 6.18. The summed E-state index contributed by atoms with van der Waals surface area (Å²) in [5.74, 6) is -0.769. The van der Waals surface area contributed by atoms with E-state index < -0.39 is 12.0 Å². The summed E-state index contributed by atoms with van der Waals surface area (Å²) in [6.07, 6.45) is 0.376. The summed E-state index contributed by atoms with van der Waals surface area (Å²) in [6, 6.07) is 26.0. The summed E-state index contributed by atoms with van der Waals surface area (Å²) < 4.78 is 4.84. The highest BCUT2D eigenvalue weighted by Crippen LogP contribution is 2.19. The summed E-state index contributed by atoms with van der Waals surface area (Å²) in [5, 5.41) is 2.78. The van der Waals surface area contributed by atoms with Gasteiger partial charge in [0.15, 0.2) is 0 Å². The maximum atomic E-state index is 12.6. The van der Waals surface area contributed by atoms with E-state index in [-0.39, 0.29) is 5.91 Å². The van der Waals surface area contributed by atoms with E-state index in [0.717, 1.165) is 16.7 Å². The molecule has 0 aliphatic heterocycles. The Labute approximate surface area is 158 Å². The van der Waals surface area contributed by atoms with Crippen molar-refractivity contribution in [3.63, 3.8) is 0 Å². The molecule has 136 valence electrons. The highest BCUT2D eigenvalue weighted by atomic mass is 16.5. The zero-order valence-corrected chi connectivity index (χ0v) is 15.1. The number of amides is 1. The van der Waals surface area contributed by atoms with Crippen LogP contribution in [0.15, 0.2) is 84.9 Å². The third-order valence-electron chi connectivity index (χ3n) is 4.33. The lowest BCUT2D eigenvalue weighted by Crippen LogP contribution is -2.43. The zero-order chi connectivity index (χ0) is 19.1. The first-order chi connectivity index (χ1) is 13.2. The molecular formula is C23H21NO3. The molecule has 0 spiro atoms. The second kappa shape index (κ2) is 8.81. The number of carbonyl (C=O) groups is 2. The molecule has 1 unspecified atom stereocenters. The van der Waals surface area contributed by atoms with Crippen molar-refractivity contribution in [1.82, 2.24) is 5.32 Å². The number of esters is 1. The Hall–Kier alpha value is -3.40. The molecule has 1 N–H and O–H groups in total. The molecule has 27 heavy (non-hydrogen) atoms. The van der Waals surface area contributed by atoms with Gasteiger partial charge in [-0.1, -0.05) is 72.8 Å². The lowest BCUT2D eigenvalue weighted by atomic mass is 10.0. The minimum atomic E-state index is -0.737. The van der Waals surface area contributed by atoms with Crippen LogP contribution < -0.4 is 5.32 Å². The van der Waals surface area contributed by atoms with E-state index in [2.05, 4.69) is 5.32 Å². The van der Waals surface area contributed by atoms with Crippen LogP contribution in [0.3, 0.4) is 0 Å². The van der Waals surface area contributed by atoms with Crippen LogP contribution in [0.1, 0.15) is 15.9 Å². The molecule has 0 aromatic heterocycles. The van der Waals surface area contributed by atoms with Crippen LogP contribution in [0.2, 0.25) is 0 Å². The molecular weight excluding hydrogens is 338 g/mol. The minimum absolute atomic E-state index is 0.305. The summed E-state index contributed by atoms with van der Waals surface area (Å²) in [7, 11) is 1.32. The first kappa shape index (κ1) is 18.4. The Morgan fingerprint density at radius 2 is 1.37 bits per heavy atom. The molecule has 0 heterocycles. The van der Waals surface area contributed by atoms with Crippen molar-refractivity contribution in [3.8, 4) is 11.1 Å². The van der Waals surface area contributed by atoms with Crippen molar-refractivity contribution < 1.29 is 14.3 Å². The number of methoxy groups -OCH3 is 1. The average Bonchev–Trinajstić information content (AvgIpc) is 2.74. The van der Waals surface area contributed by atoms with Crippen molar-refractivity contribution in [2.45, 2.75) is 12.5 Å². The number of rotatable bonds is 6. The van der Waals surface area contributed by atoms with Crippen molar-refractivity contribution in [2.24, 2.45) is 0 Å². The van der Waals surface area contributed by atoms with Crippen LogP contribution >= 0.6 is 0 Å². The number of nitrogens with one attached hydrogen (secondary N) is 1. The van der Waals surface area contributed by atoms with Crippen molar-refractivity contribution >= 4 is 11.9 Å². The smallest absolute Gasteiger partial charge is 0.328 e. The summed E-state index contributed by atoms with van der Waals surface area (Å²) >= 11 is 0. The Bertz CT molecular complexity index is 890. The van der Waals surface area contributed by atoms with Gasteiger partial charge in [0.05, 0.1) is 7.11 Å². The van der Waals surface area contributed by atoms with Crippen molar-refractivity contribution in [2.75, 3.05) is 7.11 Å². The number of benzene rings is 3. The summed E-state index contributed by atoms with van der Waals surface area (Å²) in [5.41, 5.74) is 3.56. The van der Waals surface area contributed by atoms with Gasteiger partial charge in [0.2, 0.25) is 0 Å². The molecule has 4 nitrogen and oxygen atoms in total. The van der Waals surface area contributed by atoms with Gasteiger partial charge in [-0.25, -0.2) is 4.79 Å². The van der Waals surface area contributed by atoms with Crippen LogP contribution in [-0.2, 0) is 16.0 Å². The third kappa shape index (κ3) is 4.82. The van der Waals surface area contributed by atoms with Crippen LogP contribution in [0.4, 0.5) is 0 Å². The standard InChI is InChI=1S/C23H21NO3/c1-27-23(26)21(16-17-8-4-2-5-9-17)24-22(25)20-14-12-19(13-15-20)18-10-6-3-7-11-18/h2-15,21H,16H2,1H3,(H,24,25). The lowest BCUT2D eigenvalue weighted by Gasteiger charge is -2.17. The quantitative estimate of drug-likeness (QED) is 0.680. The monoisotopic (exact) mass is 359 g/mol. The van der Waals surface area contributed by atoms with E-state index in [0.29, 0.717) is 12.0 Å². The van der Waals surface area contributed by atoms with Crippen LogP contribution in [0.5, 0.6) is 0 Å². The molecule has 1 atom stereocenters. The predicted octanol–water partition coefficient (Wildman–Crippen LogP) is 3.87. The predicted molar refractivity (Wildman–Crippen MR) is 105 cm³/mol. The van der Waals surface area contributed by atoms with Crippen LogP contribution in [-0.4, -0.2) is 25.0 Å². The molecule has 0 bridgehead atoms. The van der Waals surface area contributed by atoms with E-state index in [1.165, 1.54) is 7.11 Å². The van der Waals surface area contributed by atoms with Crippen LogP contribution in [0.25, 0.3) is 11.1 Å². The fraction of sp³-hybridized carbons (Fsp3) is 0.130. The lowest BCUT2D eigenvalue weighted by molar-refractivity contribution is -0.142. The molecule has 0 fully saturated rings. The van der Waals surface area contributed by atoms with Crippen LogP contribution in [0, 0.1) is 0 Å². The SMILES string of the molecule is COC(=O)C(Cc1ccccc1)NC(=O)c1ccc(-c2ccccc2)cc1. The molecule has 0 saturated carbocycles. The Kier molecular flexibility index (Phi) is 6.00. The fourth-order valence-corrected chi connectivity index (χ4v) is 2.87. The average molecular weight is 359 g/mol. The normalized spacial score (nSPS) is 11.4. The van der Waals surface area contributed by atoms with Gasteiger partial charge in [-0.05, 0) is 28.8 Å². The van der Waals surface area contributed by atoms with E-state index in [1.54, 1.807) is 12.1 Å². The van der Waals surface area contributed by atoms with Gasteiger partial charge in [-0.3, -0.25) is 4.79 Å². The number of ether oxygens (including phenoxy) is 1. The second-order valence-corrected chi connectivity index (χ2v) is 6.18. The van der Waals surface area contributed by atoms with Gasteiger partial charge in [-0.2, -0.15) is 0 Å². The maximum absolute atomic E-state index is 12.6. The number of hydrogen-bond donors (Lipinski definition) is 1. The Morgan fingerprint density at radius 3 is 1.96 bits per heavy atom. The zero-order valence-electron chi connectivity index (χ0n) is 15.1. The van der Waals surface area contributed by atoms with E-state index in [9.17, 15) is 9.59 Å². The molecule has 3 aromatic rings. The molecule has 0 aliphatic carbocycles. The van der Waals surface area contributed by atoms with Gasteiger partial charge in [0, 0.05) is 12.0 Å². The van der Waals surface area contributed by atoms with Gasteiger partial charge in [-0.15, -0.1) is 0 Å². The molecule has 3 aromatic carbocycles. The van der Waals surface area contributed by atoms with Crippen molar-refractivity contribution in [3.05, 3.63) is 96.1 Å². The van der Waals surface area contributed by atoms with Gasteiger partial charge < -0.3 is 10.1 Å². The molecule has 1 amide bonds. The summed E-state index contributed by atoms with van der Waals surface area (Å²) in [6.45, 7) is 0. The minimum Gasteiger partial charge on any atom is -0.467 e. The maximum Gasteiger partial charge on any atom is 0.328 e. The van der Waals surface area contributed by atoms with Gasteiger partial charge in [0.25, 0.3) is 5.91 Å². The molecule has 0 aliphatic rings. The fourth-order valence-electron chi connectivity index (χ4n) is 2.87. The summed E-state index contributed by atoms with van der Waals surface area (Å²) in [4.78, 5) is 24.7. The van der Waals surface area contributed by atoms with Gasteiger partial charge >= 0.3 is 5.97 Å². The molecule has 0 radical (unpaired) electrons. The van der Waals surface area contributed by atoms with Crippen molar-refractivity contribution in [1.29, 1.82) is 0 Å². The topological polar surface area (TPSA) is 55.4 Å². The molecule has 0 saturated heterocycles. The molecule has 4 heteroatoms. The largest absolute Gasteiger partial charge is 0.467 e. The highest BCUT2D eigenvalue weighted by Gasteiger charge is 2.22.